The van der Waals surface area contributed by atoms with Crippen LogP contribution < -0.4 is 0 Å². The summed E-state index contributed by atoms with van der Waals surface area (Å²) in [7, 11) is 0. The lowest BCUT2D eigenvalue weighted by molar-refractivity contribution is 0.428. The maximum Gasteiger partial charge on any atom is 0.0884 e. The zero-order valence-corrected chi connectivity index (χ0v) is 12.9. The number of hydrogen-bond donors (Lipinski definition) is 0. The van der Waals surface area contributed by atoms with Crippen molar-refractivity contribution in [2.45, 2.75) is 44.6 Å². The fraction of sp³-hybridized carbons (Fsp3) is 0.350. The Morgan fingerprint density at radius 1 is 0.955 bits per heavy atom. The molecule has 0 amide bonds. The Bertz CT molecular complexity index is 752. The van der Waals surface area contributed by atoms with Crippen molar-refractivity contribution in [3.05, 3.63) is 66.0 Å². The van der Waals surface area contributed by atoms with Gasteiger partial charge in [-0.1, -0.05) is 49.6 Å². The van der Waals surface area contributed by atoms with Crippen LogP contribution in [0.4, 0.5) is 0 Å². The van der Waals surface area contributed by atoms with E-state index < -0.39 is 0 Å². The molecule has 0 spiro atoms. The van der Waals surface area contributed by atoms with Crippen molar-refractivity contribution in [2.75, 3.05) is 0 Å². The lowest BCUT2D eigenvalue weighted by Gasteiger charge is -2.23. The van der Waals surface area contributed by atoms with Crippen LogP contribution in [0.1, 0.15) is 49.3 Å². The van der Waals surface area contributed by atoms with Crippen LogP contribution in [0, 0.1) is 0 Å². The Kier molecular flexibility index (Phi) is 3.67. The molecule has 0 bridgehead atoms. The van der Waals surface area contributed by atoms with Gasteiger partial charge in [-0.05, 0) is 42.5 Å². The molecule has 4 rings (SSSR count). The quantitative estimate of drug-likeness (QED) is 0.653. The summed E-state index contributed by atoms with van der Waals surface area (Å²) < 4.78 is 2.49. The van der Waals surface area contributed by atoms with E-state index in [1.54, 1.807) is 0 Å². The van der Waals surface area contributed by atoms with Gasteiger partial charge in [0.15, 0.2) is 0 Å². The van der Waals surface area contributed by atoms with Crippen molar-refractivity contribution in [2.24, 2.45) is 0 Å². The van der Waals surface area contributed by atoms with Gasteiger partial charge in [0.25, 0.3) is 0 Å². The van der Waals surface area contributed by atoms with Crippen molar-refractivity contribution < 1.29 is 0 Å². The third-order valence-electron chi connectivity index (χ3n) is 4.91. The lowest BCUT2D eigenvalue weighted by Crippen LogP contribution is -2.11. The van der Waals surface area contributed by atoms with Gasteiger partial charge in [0.2, 0.25) is 0 Å². The van der Waals surface area contributed by atoms with E-state index >= 15 is 0 Å². The molecule has 0 N–H and O–H groups in total. The maximum absolute atomic E-state index is 4.58. The first-order valence-corrected chi connectivity index (χ1v) is 8.40. The van der Waals surface area contributed by atoms with Crippen LogP contribution in [0.3, 0.4) is 0 Å². The second-order valence-corrected chi connectivity index (χ2v) is 6.38. The molecule has 2 heteroatoms. The van der Waals surface area contributed by atoms with E-state index in [1.165, 1.54) is 48.9 Å². The number of aromatic nitrogens is 2. The second kappa shape index (κ2) is 5.96. The van der Waals surface area contributed by atoms with Gasteiger partial charge in [-0.3, -0.25) is 4.98 Å². The SMILES string of the molecule is c1ccc(Cn2c(C3CCCCC3)cc3ncccc32)cc1. The van der Waals surface area contributed by atoms with Gasteiger partial charge >= 0.3 is 0 Å². The Morgan fingerprint density at radius 3 is 2.59 bits per heavy atom. The fourth-order valence-electron chi connectivity index (χ4n) is 3.78. The highest BCUT2D eigenvalue weighted by molar-refractivity contribution is 5.77. The van der Waals surface area contributed by atoms with Gasteiger partial charge in [0.05, 0.1) is 11.0 Å². The Morgan fingerprint density at radius 2 is 1.77 bits per heavy atom. The summed E-state index contributed by atoms with van der Waals surface area (Å²) in [4.78, 5) is 4.58. The molecule has 0 atom stereocenters. The van der Waals surface area contributed by atoms with E-state index in [1.807, 2.05) is 6.20 Å². The number of hydrogen-bond acceptors (Lipinski definition) is 1. The molecule has 1 aromatic carbocycles. The highest BCUT2D eigenvalue weighted by atomic mass is 15.0. The standard InChI is InChI=1S/C20H22N2/c1-3-8-16(9-4-1)15-22-19-12-7-13-21-18(19)14-20(22)17-10-5-2-6-11-17/h1,3-4,7-9,12-14,17H,2,5-6,10-11,15H2. The predicted octanol–water partition coefficient (Wildman–Crippen LogP) is 5.13. The average Bonchev–Trinajstić information content (AvgIpc) is 2.95. The van der Waals surface area contributed by atoms with Crippen molar-refractivity contribution >= 4 is 11.0 Å². The first-order valence-electron chi connectivity index (χ1n) is 8.40. The molecule has 1 aliphatic rings. The van der Waals surface area contributed by atoms with E-state index in [9.17, 15) is 0 Å². The molecule has 1 aliphatic carbocycles. The van der Waals surface area contributed by atoms with Crippen molar-refractivity contribution in [3.8, 4) is 0 Å². The third kappa shape index (κ3) is 2.54. The van der Waals surface area contributed by atoms with Crippen LogP contribution in [0.15, 0.2) is 54.7 Å². The fourth-order valence-corrected chi connectivity index (χ4v) is 3.78. The molecule has 1 saturated carbocycles. The number of rotatable bonds is 3. The normalized spacial score (nSPS) is 16.2. The smallest absolute Gasteiger partial charge is 0.0884 e. The summed E-state index contributed by atoms with van der Waals surface area (Å²) in [5.41, 5.74) is 5.25. The first kappa shape index (κ1) is 13.6. The molecular formula is C20H22N2. The van der Waals surface area contributed by atoms with Crippen LogP contribution in [0.2, 0.25) is 0 Å². The van der Waals surface area contributed by atoms with Crippen LogP contribution in [-0.2, 0) is 6.54 Å². The average molecular weight is 290 g/mol. The number of fused-ring (bicyclic) bond motifs is 1. The van der Waals surface area contributed by atoms with Gasteiger partial charge in [-0.25, -0.2) is 0 Å². The molecule has 2 aromatic heterocycles. The van der Waals surface area contributed by atoms with Crippen molar-refractivity contribution in [1.82, 2.24) is 9.55 Å². The maximum atomic E-state index is 4.58. The minimum atomic E-state index is 0.701. The third-order valence-corrected chi connectivity index (χ3v) is 4.91. The molecule has 112 valence electrons. The number of nitrogens with zero attached hydrogens (tertiary/aromatic N) is 2. The number of benzene rings is 1. The molecule has 1 fully saturated rings. The van der Waals surface area contributed by atoms with E-state index in [-0.39, 0.29) is 0 Å². The molecule has 2 nitrogen and oxygen atoms in total. The van der Waals surface area contributed by atoms with Crippen LogP contribution in [0.25, 0.3) is 11.0 Å². The zero-order chi connectivity index (χ0) is 14.8. The summed E-state index contributed by atoms with van der Waals surface area (Å²) >= 11 is 0. The molecule has 22 heavy (non-hydrogen) atoms. The summed E-state index contributed by atoms with van der Waals surface area (Å²) in [6.45, 7) is 0.946. The van der Waals surface area contributed by atoms with Crippen molar-refractivity contribution in [1.29, 1.82) is 0 Å². The zero-order valence-electron chi connectivity index (χ0n) is 12.9. The van der Waals surface area contributed by atoms with E-state index in [4.69, 9.17) is 0 Å². The molecule has 0 unspecified atom stereocenters. The van der Waals surface area contributed by atoms with E-state index in [0.29, 0.717) is 5.92 Å². The monoisotopic (exact) mass is 290 g/mol. The first-order chi connectivity index (χ1) is 10.9. The Labute approximate surface area is 131 Å². The summed E-state index contributed by atoms with van der Waals surface area (Å²) in [6, 6.07) is 17.3. The summed E-state index contributed by atoms with van der Waals surface area (Å²) in [5.74, 6) is 0.701. The molecule has 0 saturated heterocycles. The lowest BCUT2D eigenvalue weighted by atomic mass is 9.87. The minimum Gasteiger partial charge on any atom is -0.339 e. The van der Waals surface area contributed by atoms with Gasteiger partial charge in [0, 0.05) is 18.4 Å². The van der Waals surface area contributed by atoms with Crippen LogP contribution >= 0.6 is 0 Å². The molecule has 2 heterocycles. The Balaban J connectivity index is 1.79. The van der Waals surface area contributed by atoms with Crippen molar-refractivity contribution in [3.63, 3.8) is 0 Å². The van der Waals surface area contributed by atoms with E-state index in [0.717, 1.165) is 12.1 Å². The van der Waals surface area contributed by atoms with Crippen LogP contribution in [0.5, 0.6) is 0 Å². The van der Waals surface area contributed by atoms with Gasteiger partial charge < -0.3 is 4.57 Å². The highest BCUT2D eigenvalue weighted by Gasteiger charge is 2.21. The Hall–Kier alpha value is -2.09. The molecular weight excluding hydrogens is 268 g/mol. The van der Waals surface area contributed by atoms with Gasteiger partial charge in [0.1, 0.15) is 0 Å². The topological polar surface area (TPSA) is 17.8 Å². The number of pyridine rings is 1. The van der Waals surface area contributed by atoms with Gasteiger partial charge in [-0.2, -0.15) is 0 Å². The highest BCUT2D eigenvalue weighted by Crippen LogP contribution is 2.35. The summed E-state index contributed by atoms with van der Waals surface area (Å²) in [6.07, 6.45) is 8.68. The molecule has 3 aromatic rings. The van der Waals surface area contributed by atoms with Crippen LogP contribution in [-0.4, -0.2) is 9.55 Å². The predicted molar refractivity (Wildman–Crippen MR) is 91.1 cm³/mol. The largest absolute Gasteiger partial charge is 0.339 e. The minimum absolute atomic E-state index is 0.701. The molecule has 0 radical (unpaired) electrons. The van der Waals surface area contributed by atoms with Gasteiger partial charge in [-0.15, -0.1) is 0 Å². The summed E-state index contributed by atoms with van der Waals surface area (Å²) in [5, 5.41) is 0. The molecule has 0 aliphatic heterocycles. The second-order valence-electron chi connectivity index (χ2n) is 6.38. The van der Waals surface area contributed by atoms with E-state index in [2.05, 4.69) is 58.1 Å².